The van der Waals surface area contributed by atoms with E-state index in [1.54, 1.807) is 6.07 Å². The Morgan fingerprint density at radius 1 is 1.42 bits per heavy atom. The molecular weight excluding hydrogens is 421 g/mol. The van der Waals surface area contributed by atoms with E-state index >= 15 is 0 Å². The van der Waals surface area contributed by atoms with Crippen LogP contribution in [0.2, 0.25) is 5.02 Å². The van der Waals surface area contributed by atoms with Gasteiger partial charge in [0.1, 0.15) is 11.5 Å². The molecule has 4 nitrogen and oxygen atoms in total. The fourth-order valence-corrected chi connectivity index (χ4v) is 4.19. The van der Waals surface area contributed by atoms with Crippen molar-refractivity contribution >= 4 is 33.2 Å². The molecule has 0 radical (unpaired) electrons. The van der Waals surface area contributed by atoms with Crippen LogP contribution in [0.4, 0.5) is 4.39 Å². The molecule has 1 aliphatic rings. The second kappa shape index (κ2) is 7.27. The first-order valence-corrected chi connectivity index (χ1v) is 9.65. The van der Waals surface area contributed by atoms with Gasteiger partial charge >= 0.3 is 0 Å². The Balaban J connectivity index is 1.89. The zero-order valence-electron chi connectivity index (χ0n) is 14.2. The molecule has 1 N–H and O–H groups in total. The van der Waals surface area contributed by atoms with Crippen molar-refractivity contribution in [1.29, 1.82) is 0 Å². The van der Waals surface area contributed by atoms with Gasteiger partial charge in [-0.3, -0.25) is 0 Å². The highest BCUT2D eigenvalue weighted by Gasteiger charge is 2.24. The van der Waals surface area contributed by atoms with Gasteiger partial charge in [-0.1, -0.05) is 27.5 Å². The SMILES string of the molecule is Cc1ccn2c(C[C@H]3CNCCO3)c(-c3c(F)cc(Br)cc3Cl)nc2c1. The monoisotopic (exact) mass is 437 g/mol. The number of nitrogens with zero attached hydrogens (tertiary/aromatic N) is 2. The second-order valence-electron chi connectivity index (χ2n) is 6.48. The van der Waals surface area contributed by atoms with E-state index in [9.17, 15) is 4.39 Å². The van der Waals surface area contributed by atoms with Crippen LogP contribution < -0.4 is 5.32 Å². The number of halogens is 3. The smallest absolute Gasteiger partial charge is 0.137 e. The summed E-state index contributed by atoms with van der Waals surface area (Å²) in [5.41, 5.74) is 3.67. The molecule has 4 rings (SSSR count). The van der Waals surface area contributed by atoms with E-state index in [1.807, 2.05) is 29.7 Å². The molecule has 26 heavy (non-hydrogen) atoms. The molecule has 0 unspecified atom stereocenters. The van der Waals surface area contributed by atoms with Gasteiger partial charge in [0.05, 0.1) is 34.7 Å². The van der Waals surface area contributed by atoms with Gasteiger partial charge in [0.15, 0.2) is 0 Å². The minimum Gasteiger partial charge on any atom is -0.375 e. The summed E-state index contributed by atoms with van der Waals surface area (Å²) in [6.45, 7) is 4.29. The lowest BCUT2D eigenvalue weighted by atomic mass is 10.0. The molecule has 1 fully saturated rings. The van der Waals surface area contributed by atoms with Gasteiger partial charge in [0.2, 0.25) is 0 Å². The molecule has 0 aliphatic carbocycles. The van der Waals surface area contributed by atoms with Crippen LogP contribution in [0.15, 0.2) is 34.9 Å². The summed E-state index contributed by atoms with van der Waals surface area (Å²) in [6.07, 6.45) is 2.61. The average molecular weight is 439 g/mol. The van der Waals surface area contributed by atoms with Crippen LogP contribution in [0.3, 0.4) is 0 Å². The van der Waals surface area contributed by atoms with E-state index in [-0.39, 0.29) is 6.10 Å². The molecule has 0 saturated carbocycles. The molecule has 1 saturated heterocycles. The van der Waals surface area contributed by atoms with Crippen molar-refractivity contribution in [3.63, 3.8) is 0 Å². The van der Waals surface area contributed by atoms with Gasteiger partial charge in [-0.15, -0.1) is 0 Å². The Hall–Kier alpha value is -1.47. The molecule has 1 aromatic carbocycles. The number of hydrogen-bond donors (Lipinski definition) is 1. The van der Waals surface area contributed by atoms with Crippen LogP contribution in [0.5, 0.6) is 0 Å². The molecule has 1 atom stereocenters. The van der Waals surface area contributed by atoms with Gasteiger partial charge < -0.3 is 14.5 Å². The van der Waals surface area contributed by atoms with Crippen molar-refractivity contribution in [2.75, 3.05) is 19.7 Å². The maximum absolute atomic E-state index is 14.8. The van der Waals surface area contributed by atoms with E-state index in [1.165, 1.54) is 6.07 Å². The lowest BCUT2D eigenvalue weighted by Crippen LogP contribution is -2.39. The van der Waals surface area contributed by atoms with Crippen LogP contribution in [0, 0.1) is 12.7 Å². The Morgan fingerprint density at radius 2 is 2.27 bits per heavy atom. The largest absolute Gasteiger partial charge is 0.375 e. The Morgan fingerprint density at radius 3 is 3.00 bits per heavy atom. The molecule has 0 bridgehead atoms. The van der Waals surface area contributed by atoms with Crippen molar-refractivity contribution < 1.29 is 9.13 Å². The third-order valence-corrected chi connectivity index (χ3v) is 5.31. The summed E-state index contributed by atoms with van der Waals surface area (Å²) < 4.78 is 23.2. The molecule has 136 valence electrons. The number of aryl methyl sites for hydroxylation is 1. The molecule has 0 amide bonds. The maximum atomic E-state index is 14.8. The quantitative estimate of drug-likeness (QED) is 0.659. The summed E-state index contributed by atoms with van der Waals surface area (Å²) in [7, 11) is 0. The number of pyridine rings is 1. The molecule has 7 heteroatoms. The number of benzene rings is 1. The standard InChI is InChI=1S/C19H18BrClFN3O/c1-11-2-4-25-16(9-13-10-23-3-5-26-13)19(24-17(25)6-11)18-14(21)7-12(20)8-15(18)22/h2,4,6-8,13,23H,3,5,9-10H2,1H3/t13-/m0/s1. The normalized spacial score (nSPS) is 17.8. The van der Waals surface area contributed by atoms with Crippen LogP contribution in [-0.2, 0) is 11.2 Å². The number of nitrogens with one attached hydrogen (secondary N) is 1. The van der Waals surface area contributed by atoms with Gasteiger partial charge in [-0.05, 0) is 36.8 Å². The minimum absolute atomic E-state index is 0.0148. The fraction of sp³-hybridized carbons (Fsp3) is 0.316. The van der Waals surface area contributed by atoms with Crippen LogP contribution in [-0.4, -0.2) is 35.2 Å². The number of aromatic nitrogens is 2. The van der Waals surface area contributed by atoms with E-state index in [0.717, 1.165) is 30.0 Å². The van der Waals surface area contributed by atoms with Gasteiger partial charge in [0.25, 0.3) is 0 Å². The number of ether oxygens (including phenoxy) is 1. The Kier molecular flexibility index (Phi) is 5.01. The highest BCUT2D eigenvalue weighted by atomic mass is 79.9. The van der Waals surface area contributed by atoms with Crippen molar-refractivity contribution in [3.8, 4) is 11.3 Å². The minimum atomic E-state index is -0.395. The zero-order chi connectivity index (χ0) is 18.3. The van der Waals surface area contributed by atoms with Crippen LogP contribution in [0.25, 0.3) is 16.9 Å². The van der Waals surface area contributed by atoms with Crippen molar-refractivity contribution in [3.05, 3.63) is 57.0 Å². The second-order valence-corrected chi connectivity index (χ2v) is 7.81. The zero-order valence-corrected chi connectivity index (χ0v) is 16.6. The van der Waals surface area contributed by atoms with Gasteiger partial charge in [0, 0.05) is 30.2 Å². The summed E-state index contributed by atoms with van der Waals surface area (Å²) in [5.74, 6) is -0.395. The molecule has 2 aromatic heterocycles. The van der Waals surface area contributed by atoms with Crippen molar-refractivity contribution in [1.82, 2.24) is 14.7 Å². The first kappa shape index (κ1) is 17.9. The fourth-order valence-electron chi connectivity index (χ4n) is 3.33. The number of fused-ring (bicyclic) bond motifs is 1. The van der Waals surface area contributed by atoms with E-state index in [2.05, 4.69) is 21.2 Å². The topological polar surface area (TPSA) is 38.6 Å². The third-order valence-electron chi connectivity index (χ3n) is 4.55. The predicted octanol–water partition coefficient (Wildman–Crippen LogP) is 4.40. The first-order valence-electron chi connectivity index (χ1n) is 8.48. The highest BCUT2D eigenvalue weighted by Crippen LogP contribution is 2.36. The maximum Gasteiger partial charge on any atom is 0.137 e. The molecule has 1 aliphatic heterocycles. The Labute approximate surface area is 164 Å². The molecular formula is C19H18BrClFN3O. The summed E-state index contributed by atoms with van der Waals surface area (Å²) in [6, 6.07) is 7.11. The van der Waals surface area contributed by atoms with E-state index in [0.29, 0.717) is 33.8 Å². The summed E-state index contributed by atoms with van der Waals surface area (Å²) in [5, 5.41) is 3.67. The van der Waals surface area contributed by atoms with E-state index < -0.39 is 5.82 Å². The predicted molar refractivity (Wildman–Crippen MR) is 104 cm³/mol. The third kappa shape index (κ3) is 3.39. The Bertz CT molecular complexity index is 946. The first-order chi connectivity index (χ1) is 12.5. The number of hydrogen-bond acceptors (Lipinski definition) is 3. The molecule has 3 aromatic rings. The molecule has 0 spiro atoms. The average Bonchev–Trinajstić information content (AvgIpc) is 2.92. The van der Waals surface area contributed by atoms with Gasteiger partial charge in [-0.25, -0.2) is 9.37 Å². The summed E-state index contributed by atoms with van der Waals surface area (Å²) in [4.78, 5) is 4.71. The van der Waals surface area contributed by atoms with Crippen molar-refractivity contribution in [2.45, 2.75) is 19.4 Å². The van der Waals surface area contributed by atoms with Crippen LogP contribution in [0.1, 0.15) is 11.3 Å². The van der Waals surface area contributed by atoms with Crippen LogP contribution >= 0.6 is 27.5 Å². The van der Waals surface area contributed by atoms with E-state index in [4.69, 9.17) is 21.3 Å². The lowest BCUT2D eigenvalue weighted by molar-refractivity contribution is 0.0286. The lowest BCUT2D eigenvalue weighted by Gasteiger charge is -2.24. The number of imidazole rings is 1. The molecule has 3 heterocycles. The number of rotatable bonds is 3. The van der Waals surface area contributed by atoms with Gasteiger partial charge in [-0.2, -0.15) is 0 Å². The highest BCUT2D eigenvalue weighted by molar-refractivity contribution is 9.10. The van der Waals surface area contributed by atoms with Crippen molar-refractivity contribution in [2.24, 2.45) is 0 Å². The number of morpholine rings is 1. The summed E-state index contributed by atoms with van der Waals surface area (Å²) >= 11 is 9.66.